The first-order chi connectivity index (χ1) is 8.83. The molecule has 0 spiro atoms. The smallest absolute Gasteiger partial charge is 0.0725 e. The first-order valence-corrected chi connectivity index (χ1v) is 6.85. The highest BCUT2D eigenvalue weighted by Crippen LogP contribution is 2.28. The second-order valence-corrected chi connectivity index (χ2v) is 5.42. The summed E-state index contributed by atoms with van der Waals surface area (Å²) in [6.07, 6.45) is 3.38. The maximum absolute atomic E-state index is 6.34. The Morgan fingerprint density at radius 2 is 1.89 bits per heavy atom. The molecule has 0 bridgehead atoms. The van der Waals surface area contributed by atoms with Crippen molar-refractivity contribution in [3.8, 4) is 0 Å². The zero-order chi connectivity index (χ0) is 12.4. The maximum Gasteiger partial charge on any atom is 0.0725 e. The lowest BCUT2D eigenvalue weighted by atomic mass is 9.89. The second-order valence-electron chi connectivity index (χ2n) is 5.42. The summed E-state index contributed by atoms with van der Waals surface area (Å²) in [5, 5.41) is 0. The average Bonchev–Trinajstić information content (AvgIpc) is 2.87. The van der Waals surface area contributed by atoms with E-state index in [9.17, 15) is 0 Å². The molecule has 3 rings (SSSR count). The van der Waals surface area contributed by atoms with Gasteiger partial charge < -0.3 is 15.2 Å². The molecule has 1 unspecified atom stereocenters. The number of nitrogens with two attached hydrogens (primary N) is 1. The van der Waals surface area contributed by atoms with Crippen LogP contribution in [0.15, 0.2) is 18.2 Å². The Kier molecular flexibility index (Phi) is 3.64. The summed E-state index contributed by atoms with van der Waals surface area (Å²) in [6, 6.07) is 6.71. The molecule has 1 aromatic rings. The molecule has 1 fully saturated rings. The van der Waals surface area contributed by atoms with Gasteiger partial charge in [0.05, 0.1) is 13.2 Å². The topological polar surface area (TPSA) is 44.5 Å². The minimum Gasteiger partial charge on any atom is -0.381 e. The summed E-state index contributed by atoms with van der Waals surface area (Å²) in [4.78, 5) is 0. The highest BCUT2D eigenvalue weighted by Gasteiger charge is 2.19. The van der Waals surface area contributed by atoms with E-state index in [0.29, 0.717) is 0 Å². The van der Waals surface area contributed by atoms with E-state index in [4.69, 9.17) is 15.2 Å². The van der Waals surface area contributed by atoms with Crippen molar-refractivity contribution in [1.82, 2.24) is 0 Å². The molecule has 1 atom stereocenters. The van der Waals surface area contributed by atoms with Crippen LogP contribution in [0.5, 0.6) is 0 Å². The normalized spacial score (nSPS) is 21.8. The number of hydrogen-bond donors (Lipinski definition) is 1. The molecule has 2 heterocycles. The molecule has 0 aromatic heterocycles. The Labute approximate surface area is 108 Å². The fraction of sp³-hybridized carbons (Fsp3) is 0.600. The molecule has 3 nitrogen and oxygen atoms in total. The molecule has 2 N–H and O–H groups in total. The van der Waals surface area contributed by atoms with Crippen LogP contribution in [0.1, 0.15) is 42.0 Å². The number of ether oxygens (including phenoxy) is 2. The number of fused-ring (bicyclic) bond motifs is 1. The minimum atomic E-state index is 0.152. The molecule has 0 aliphatic carbocycles. The molecule has 0 saturated carbocycles. The van der Waals surface area contributed by atoms with Crippen LogP contribution in [0, 0.1) is 5.92 Å². The largest absolute Gasteiger partial charge is 0.381 e. The van der Waals surface area contributed by atoms with Gasteiger partial charge in [-0.2, -0.15) is 0 Å². The highest BCUT2D eigenvalue weighted by atomic mass is 16.5. The molecular formula is C15H21NO2. The number of hydrogen-bond acceptors (Lipinski definition) is 3. The Balaban J connectivity index is 1.66. The molecular weight excluding hydrogens is 226 g/mol. The van der Waals surface area contributed by atoms with Crippen LogP contribution in [-0.4, -0.2) is 13.2 Å². The van der Waals surface area contributed by atoms with E-state index < -0.39 is 0 Å². The molecule has 98 valence electrons. The average molecular weight is 247 g/mol. The molecule has 2 aliphatic heterocycles. The molecule has 1 aromatic carbocycles. The van der Waals surface area contributed by atoms with E-state index in [2.05, 4.69) is 18.2 Å². The van der Waals surface area contributed by atoms with Crippen LogP contribution in [0.4, 0.5) is 0 Å². The Hall–Kier alpha value is -0.900. The van der Waals surface area contributed by atoms with Crippen molar-refractivity contribution >= 4 is 0 Å². The molecule has 0 radical (unpaired) electrons. The third-order valence-electron chi connectivity index (χ3n) is 4.10. The third kappa shape index (κ3) is 2.58. The van der Waals surface area contributed by atoms with E-state index in [1.165, 1.54) is 16.7 Å². The first-order valence-electron chi connectivity index (χ1n) is 6.85. The van der Waals surface area contributed by atoms with Crippen molar-refractivity contribution in [2.75, 3.05) is 13.2 Å². The number of benzene rings is 1. The van der Waals surface area contributed by atoms with Crippen LogP contribution in [0.3, 0.4) is 0 Å². The van der Waals surface area contributed by atoms with Crippen molar-refractivity contribution in [3.05, 3.63) is 34.9 Å². The fourth-order valence-electron chi connectivity index (χ4n) is 2.90. The van der Waals surface area contributed by atoms with Crippen molar-refractivity contribution < 1.29 is 9.47 Å². The van der Waals surface area contributed by atoms with Crippen LogP contribution < -0.4 is 5.73 Å². The van der Waals surface area contributed by atoms with Crippen molar-refractivity contribution in [3.63, 3.8) is 0 Å². The zero-order valence-electron chi connectivity index (χ0n) is 10.7. The predicted octanol–water partition coefficient (Wildman–Crippen LogP) is 2.53. The monoisotopic (exact) mass is 247 g/mol. The van der Waals surface area contributed by atoms with Crippen LogP contribution >= 0.6 is 0 Å². The van der Waals surface area contributed by atoms with Gasteiger partial charge in [-0.15, -0.1) is 0 Å². The van der Waals surface area contributed by atoms with E-state index in [0.717, 1.165) is 51.6 Å². The van der Waals surface area contributed by atoms with Gasteiger partial charge in [-0.3, -0.25) is 0 Å². The van der Waals surface area contributed by atoms with Gasteiger partial charge >= 0.3 is 0 Å². The van der Waals surface area contributed by atoms with E-state index in [1.807, 2.05) is 0 Å². The maximum atomic E-state index is 6.34. The highest BCUT2D eigenvalue weighted by molar-refractivity contribution is 5.34. The van der Waals surface area contributed by atoms with Gasteiger partial charge in [0, 0.05) is 19.3 Å². The Bertz CT molecular complexity index is 413. The van der Waals surface area contributed by atoms with Gasteiger partial charge in [-0.05, 0) is 41.9 Å². The third-order valence-corrected chi connectivity index (χ3v) is 4.10. The second kappa shape index (κ2) is 5.39. The molecule has 0 amide bonds. The number of rotatable bonds is 3. The standard InChI is InChI=1S/C15H21NO2/c16-15(7-11-3-5-17-6-4-11)12-1-2-13-9-18-10-14(13)8-12/h1-2,8,11,15H,3-7,9-10,16H2. The first kappa shape index (κ1) is 12.2. The minimum absolute atomic E-state index is 0.152. The predicted molar refractivity (Wildman–Crippen MR) is 70.0 cm³/mol. The molecule has 18 heavy (non-hydrogen) atoms. The zero-order valence-corrected chi connectivity index (χ0v) is 10.7. The molecule has 3 heteroatoms. The van der Waals surface area contributed by atoms with Crippen LogP contribution in [0.25, 0.3) is 0 Å². The van der Waals surface area contributed by atoms with Gasteiger partial charge in [-0.1, -0.05) is 18.2 Å². The van der Waals surface area contributed by atoms with Crippen molar-refractivity contribution in [2.45, 2.75) is 38.5 Å². The van der Waals surface area contributed by atoms with Gasteiger partial charge in [0.15, 0.2) is 0 Å². The Morgan fingerprint density at radius 1 is 1.11 bits per heavy atom. The molecule has 2 aliphatic rings. The SMILES string of the molecule is NC(CC1CCOCC1)c1ccc2c(c1)COC2. The summed E-state index contributed by atoms with van der Waals surface area (Å²) < 4.78 is 10.8. The summed E-state index contributed by atoms with van der Waals surface area (Å²) in [5.41, 5.74) is 10.2. The fourth-order valence-corrected chi connectivity index (χ4v) is 2.90. The van der Waals surface area contributed by atoms with Gasteiger partial charge in [0.2, 0.25) is 0 Å². The Morgan fingerprint density at radius 3 is 2.72 bits per heavy atom. The lowest BCUT2D eigenvalue weighted by Crippen LogP contribution is -2.21. The van der Waals surface area contributed by atoms with E-state index in [-0.39, 0.29) is 6.04 Å². The van der Waals surface area contributed by atoms with Gasteiger partial charge in [-0.25, -0.2) is 0 Å². The summed E-state index contributed by atoms with van der Waals surface area (Å²) >= 11 is 0. The van der Waals surface area contributed by atoms with E-state index in [1.54, 1.807) is 0 Å². The summed E-state index contributed by atoms with van der Waals surface area (Å²) in [5.74, 6) is 0.721. The lowest BCUT2D eigenvalue weighted by molar-refractivity contribution is 0.0618. The van der Waals surface area contributed by atoms with Gasteiger partial charge in [0.25, 0.3) is 0 Å². The van der Waals surface area contributed by atoms with Crippen LogP contribution in [0.2, 0.25) is 0 Å². The van der Waals surface area contributed by atoms with Crippen molar-refractivity contribution in [1.29, 1.82) is 0 Å². The van der Waals surface area contributed by atoms with E-state index >= 15 is 0 Å². The van der Waals surface area contributed by atoms with Gasteiger partial charge in [0.1, 0.15) is 0 Å². The summed E-state index contributed by atoms with van der Waals surface area (Å²) in [6.45, 7) is 3.29. The van der Waals surface area contributed by atoms with Crippen LogP contribution in [-0.2, 0) is 22.7 Å². The quantitative estimate of drug-likeness (QED) is 0.892. The summed E-state index contributed by atoms with van der Waals surface area (Å²) in [7, 11) is 0. The van der Waals surface area contributed by atoms with Crippen molar-refractivity contribution in [2.24, 2.45) is 11.7 Å². The lowest BCUT2D eigenvalue weighted by Gasteiger charge is -2.25. The molecule has 1 saturated heterocycles.